The Bertz CT molecular complexity index is 725. The molecule has 9 atom stereocenters. The van der Waals surface area contributed by atoms with E-state index in [1.807, 2.05) is 0 Å². The third kappa shape index (κ3) is 11.8. The molecule has 2 aliphatic heterocycles. The highest BCUT2D eigenvalue weighted by atomic mass is 16.6. The van der Waals surface area contributed by atoms with Crippen molar-refractivity contribution in [3.05, 3.63) is 23.9 Å². The van der Waals surface area contributed by atoms with Crippen molar-refractivity contribution in [3.8, 4) is 0 Å². The number of hydrogen-bond acceptors (Lipinski definition) is 7. The van der Waals surface area contributed by atoms with Crippen molar-refractivity contribution in [2.45, 2.75) is 155 Å². The average molecular weight is 554 g/mol. The zero-order valence-corrected chi connectivity index (χ0v) is 25.4. The number of rotatable bonds is 14. The first-order chi connectivity index (χ1) is 18.6. The average Bonchev–Trinajstić information content (AvgIpc) is 3.74. The molecule has 39 heavy (non-hydrogen) atoms. The molecule has 3 fully saturated rings. The zero-order valence-electron chi connectivity index (χ0n) is 25.4. The quantitative estimate of drug-likeness (QED) is 0.188. The van der Waals surface area contributed by atoms with Crippen LogP contribution in [0.1, 0.15) is 112 Å². The molecule has 1 aliphatic carbocycles. The van der Waals surface area contributed by atoms with Gasteiger partial charge in [-0.1, -0.05) is 45.4 Å². The molecule has 228 valence electrons. The summed E-state index contributed by atoms with van der Waals surface area (Å²) in [7, 11) is 0. The van der Waals surface area contributed by atoms with Crippen LogP contribution in [0.25, 0.3) is 0 Å². The number of allylic oxidation sites excluding steroid dienone is 1. The molecule has 3 aliphatic rings. The second-order valence-electron chi connectivity index (χ2n) is 12.1. The van der Waals surface area contributed by atoms with Gasteiger partial charge >= 0.3 is 0 Å². The van der Waals surface area contributed by atoms with Crippen LogP contribution in [0.5, 0.6) is 0 Å². The fourth-order valence-electron chi connectivity index (χ4n) is 5.81. The van der Waals surface area contributed by atoms with Crippen molar-refractivity contribution in [3.63, 3.8) is 0 Å². The van der Waals surface area contributed by atoms with Crippen LogP contribution < -0.4 is 5.32 Å². The van der Waals surface area contributed by atoms with Crippen molar-refractivity contribution in [2.75, 3.05) is 6.61 Å². The molecule has 0 radical (unpaired) electrons. The van der Waals surface area contributed by atoms with Crippen molar-refractivity contribution in [1.29, 1.82) is 0 Å². The Balaban J connectivity index is 0.00000170. The van der Waals surface area contributed by atoms with Crippen LogP contribution in [0.3, 0.4) is 0 Å². The molecule has 3 rings (SSSR count). The summed E-state index contributed by atoms with van der Waals surface area (Å²) < 4.78 is 11.8. The van der Waals surface area contributed by atoms with Crippen LogP contribution in [0.15, 0.2) is 23.9 Å². The van der Waals surface area contributed by atoms with Crippen molar-refractivity contribution in [1.82, 2.24) is 5.32 Å². The van der Waals surface area contributed by atoms with E-state index in [1.165, 1.54) is 12.8 Å². The predicted molar refractivity (Wildman–Crippen MR) is 157 cm³/mol. The summed E-state index contributed by atoms with van der Waals surface area (Å²) in [6.45, 7) is 14.6. The minimum atomic E-state index is -0.667. The summed E-state index contributed by atoms with van der Waals surface area (Å²) in [4.78, 5) is 0. The van der Waals surface area contributed by atoms with E-state index in [1.54, 1.807) is 6.92 Å². The molecule has 0 amide bonds. The first-order valence-electron chi connectivity index (χ1n) is 15.7. The lowest BCUT2D eigenvalue weighted by atomic mass is 9.87. The molecule has 2 heterocycles. The highest BCUT2D eigenvalue weighted by Crippen LogP contribution is 2.37. The Kier molecular flexibility index (Phi) is 15.6. The molecule has 5 N–H and O–H groups in total. The zero-order chi connectivity index (χ0) is 28.9. The highest BCUT2D eigenvalue weighted by molar-refractivity contribution is 5.15. The second kappa shape index (κ2) is 17.8. The third-order valence-corrected chi connectivity index (χ3v) is 8.78. The highest BCUT2D eigenvalue weighted by Gasteiger charge is 2.36. The normalized spacial score (nSPS) is 31.1. The number of nitrogens with one attached hydrogen (secondary N) is 1. The van der Waals surface area contributed by atoms with Crippen molar-refractivity contribution in [2.24, 2.45) is 17.8 Å². The van der Waals surface area contributed by atoms with E-state index in [-0.39, 0.29) is 36.9 Å². The lowest BCUT2D eigenvalue weighted by Crippen LogP contribution is -2.45. The molecule has 9 unspecified atom stereocenters. The van der Waals surface area contributed by atoms with Crippen LogP contribution in [0.4, 0.5) is 0 Å². The van der Waals surface area contributed by atoms with Crippen LogP contribution >= 0.6 is 0 Å². The molecule has 7 nitrogen and oxygen atoms in total. The molecule has 0 aromatic heterocycles. The fraction of sp³-hybridized carbons (Fsp3) is 0.875. The monoisotopic (exact) mass is 553 g/mol. The number of ether oxygens (including phenoxy) is 2. The maximum atomic E-state index is 11.3. The Morgan fingerprint density at radius 2 is 1.77 bits per heavy atom. The minimum Gasteiger partial charge on any atom is -0.397 e. The molecular formula is C32H59NO6. The second-order valence-corrected chi connectivity index (χ2v) is 12.1. The van der Waals surface area contributed by atoms with Crippen LogP contribution in [0.2, 0.25) is 0 Å². The Hall–Kier alpha value is -0.960. The van der Waals surface area contributed by atoms with Crippen LogP contribution in [0, 0.1) is 17.8 Å². The number of aliphatic hydroxyl groups excluding tert-OH is 4. The van der Waals surface area contributed by atoms with Gasteiger partial charge in [-0.3, -0.25) is 0 Å². The molecule has 1 saturated carbocycles. The van der Waals surface area contributed by atoms with E-state index >= 15 is 0 Å². The molecule has 0 bridgehead atoms. The summed E-state index contributed by atoms with van der Waals surface area (Å²) in [5.41, 5.74) is 2.06. The standard InChI is InChI=1S/C30H53NO5.C2H6O/c1-6-9-26(30(34)28-18-20(3)21(4)22(5)35-28)31-25(23-14-15-23)12-7-10-19(2)27(32)17-16-24-11-8-13-29(33)36-24;1-2-3/h9,19,21-25,27-34H,3,6-8,10-18H2,1-2,4-5H3;3H,2H2,1H3/b26-9+;. The van der Waals surface area contributed by atoms with E-state index in [0.29, 0.717) is 24.3 Å². The molecule has 2 saturated heterocycles. The fourth-order valence-corrected chi connectivity index (χ4v) is 5.81. The maximum Gasteiger partial charge on any atom is 0.154 e. The van der Waals surface area contributed by atoms with Gasteiger partial charge in [0.15, 0.2) is 6.29 Å². The summed E-state index contributed by atoms with van der Waals surface area (Å²) in [6, 6.07) is 0.349. The van der Waals surface area contributed by atoms with Gasteiger partial charge in [-0.15, -0.1) is 0 Å². The molecule has 7 heteroatoms. The first kappa shape index (κ1) is 34.2. The van der Waals surface area contributed by atoms with Crippen molar-refractivity contribution >= 4 is 0 Å². The Morgan fingerprint density at radius 3 is 2.36 bits per heavy atom. The van der Waals surface area contributed by atoms with E-state index in [9.17, 15) is 15.3 Å². The molecule has 0 spiro atoms. The Morgan fingerprint density at radius 1 is 1.08 bits per heavy atom. The van der Waals surface area contributed by atoms with Gasteiger partial charge in [0, 0.05) is 24.3 Å². The summed E-state index contributed by atoms with van der Waals surface area (Å²) in [6.07, 6.45) is 11.7. The van der Waals surface area contributed by atoms with Gasteiger partial charge in [0.25, 0.3) is 0 Å². The molecular weight excluding hydrogens is 494 g/mol. The van der Waals surface area contributed by atoms with E-state index < -0.39 is 12.4 Å². The first-order valence-corrected chi connectivity index (χ1v) is 15.7. The van der Waals surface area contributed by atoms with Gasteiger partial charge in [-0.05, 0) is 96.3 Å². The Labute approximate surface area is 238 Å². The largest absolute Gasteiger partial charge is 0.397 e. The summed E-state index contributed by atoms with van der Waals surface area (Å²) in [5, 5.41) is 42.9. The van der Waals surface area contributed by atoms with Gasteiger partial charge in [-0.25, -0.2) is 0 Å². The molecule has 0 aromatic rings. The third-order valence-electron chi connectivity index (χ3n) is 8.78. The van der Waals surface area contributed by atoms with E-state index in [0.717, 1.165) is 69.1 Å². The predicted octanol–water partition coefficient (Wildman–Crippen LogP) is 5.21. The SMILES string of the molecule is C=C1CC(C(O)/C(=C\CC)NC(CCCC(C)C(O)CCC2CCCC(O)O2)C2CC2)OC(C)C1C.CCO. The smallest absolute Gasteiger partial charge is 0.154 e. The van der Waals surface area contributed by atoms with Gasteiger partial charge in [0.2, 0.25) is 0 Å². The lowest BCUT2D eigenvalue weighted by Gasteiger charge is -2.38. The topological polar surface area (TPSA) is 111 Å². The van der Waals surface area contributed by atoms with Gasteiger partial charge < -0.3 is 35.2 Å². The van der Waals surface area contributed by atoms with Gasteiger partial charge in [0.05, 0.1) is 24.4 Å². The van der Waals surface area contributed by atoms with Gasteiger partial charge in [0.1, 0.15) is 6.10 Å². The van der Waals surface area contributed by atoms with Crippen LogP contribution in [-0.4, -0.2) is 69.9 Å². The van der Waals surface area contributed by atoms with Gasteiger partial charge in [-0.2, -0.15) is 0 Å². The number of hydrogen-bond donors (Lipinski definition) is 5. The minimum absolute atomic E-state index is 0.0654. The molecule has 0 aromatic carbocycles. The number of aliphatic hydroxyl groups is 4. The van der Waals surface area contributed by atoms with Crippen LogP contribution in [-0.2, 0) is 9.47 Å². The summed E-state index contributed by atoms with van der Waals surface area (Å²) >= 11 is 0. The lowest BCUT2D eigenvalue weighted by molar-refractivity contribution is -0.165. The van der Waals surface area contributed by atoms with E-state index in [4.69, 9.17) is 14.6 Å². The van der Waals surface area contributed by atoms with E-state index in [2.05, 4.69) is 45.7 Å². The maximum absolute atomic E-state index is 11.3. The summed E-state index contributed by atoms with van der Waals surface area (Å²) in [5.74, 6) is 1.21. The van der Waals surface area contributed by atoms with Crippen molar-refractivity contribution < 1.29 is 29.9 Å².